The number of hydrogen-bond donors (Lipinski definition) is 2. The highest BCUT2D eigenvalue weighted by Crippen LogP contribution is 2.18. The molecule has 7 heteroatoms. The minimum absolute atomic E-state index is 0.283. The molecule has 1 unspecified atom stereocenters. The minimum Gasteiger partial charge on any atom is -0.374 e. The molecule has 0 saturated carbocycles. The summed E-state index contributed by atoms with van der Waals surface area (Å²) in [6, 6.07) is 3.52. The van der Waals surface area contributed by atoms with Gasteiger partial charge in [-0.2, -0.15) is 8.42 Å². The first-order chi connectivity index (χ1) is 13.1. The van der Waals surface area contributed by atoms with Gasteiger partial charge in [0.1, 0.15) is 4.86 Å². The van der Waals surface area contributed by atoms with E-state index in [0.717, 1.165) is 33.5 Å². The van der Waals surface area contributed by atoms with Crippen LogP contribution >= 0.6 is 0 Å². The highest BCUT2D eigenvalue weighted by molar-refractivity contribution is 7.73. The molecule has 8 bridgehead atoms. The second-order valence-corrected chi connectivity index (χ2v) is 7.36. The van der Waals surface area contributed by atoms with E-state index >= 15 is 0 Å². The number of nitrogens with one attached hydrogen (secondary N) is 2. The van der Waals surface area contributed by atoms with E-state index in [2.05, 4.69) is 20.3 Å². The Labute approximate surface area is 156 Å². The molecule has 0 saturated heterocycles. The highest BCUT2D eigenvalue weighted by Gasteiger charge is 2.22. The van der Waals surface area contributed by atoms with Crippen molar-refractivity contribution in [3.8, 4) is 0 Å². The van der Waals surface area contributed by atoms with Gasteiger partial charge in [-0.1, -0.05) is 0 Å². The number of nitrogens with zero attached hydrogens (tertiary/aromatic N) is 2. The standard InChI is InChI=1S/C20H14N4O2S/c25-27(26)20-11-18-9-16-4-3-14(22-16)7-12-1-2-13(21-12)8-15-5-6-17(23-15)10-19(20)24-18/h1-11,19,21,24H. The summed E-state index contributed by atoms with van der Waals surface area (Å²) in [7, 11) is -2.32. The Balaban J connectivity index is 1.71. The van der Waals surface area contributed by atoms with E-state index in [9.17, 15) is 8.42 Å². The molecule has 1 atom stereocenters. The SMILES string of the molecule is O=S(=O)=C1C=C2C=C3C=CC(=N3)C=c3ccc([nH]3)=CC3=NC(=CC1N2)C=C3. The number of aromatic nitrogens is 1. The van der Waals surface area contributed by atoms with E-state index in [4.69, 9.17) is 0 Å². The van der Waals surface area contributed by atoms with E-state index in [1.165, 1.54) is 0 Å². The maximum atomic E-state index is 11.6. The fraction of sp³-hybridized carbons (Fsp3) is 0.0500. The Morgan fingerprint density at radius 2 is 1.48 bits per heavy atom. The van der Waals surface area contributed by atoms with Crippen molar-refractivity contribution in [2.24, 2.45) is 9.98 Å². The van der Waals surface area contributed by atoms with Crippen molar-refractivity contribution in [2.45, 2.75) is 6.04 Å². The molecule has 0 aromatic carbocycles. The van der Waals surface area contributed by atoms with Crippen LogP contribution in [0.25, 0.3) is 12.2 Å². The molecule has 0 aliphatic carbocycles. The van der Waals surface area contributed by atoms with Gasteiger partial charge in [-0.3, -0.25) is 0 Å². The molecule has 1 aromatic rings. The van der Waals surface area contributed by atoms with E-state index in [0.29, 0.717) is 5.70 Å². The van der Waals surface area contributed by atoms with Crippen LogP contribution in [-0.2, 0) is 10.3 Å². The Kier molecular flexibility index (Phi) is 3.54. The number of fused-ring (bicyclic) bond motifs is 6. The average molecular weight is 374 g/mol. The quantitative estimate of drug-likeness (QED) is 0.640. The fourth-order valence-electron chi connectivity index (χ4n) is 3.26. The smallest absolute Gasteiger partial charge is 0.219 e. The molecule has 2 N–H and O–H groups in total. The van der Waals surface area contributed by atoms with E-state index in [-0.39, 0.29) is 4.86 Å². The van der Waals surface area contributed by atoms with Crippen LogP contribution < -0.4 is 16.0 Å². The lowest BCUT2D eigenvalue weighted by molar-refractivity contribution is 0.626. The van der Waals surface area contributed by atoms with Crippen molar-refractivity contribution in [3.63, 3.8) is 0 Å². The first-order valence-electron chi connectivity index (χ1n) is 8.42. The zero-order chi connectivity index (χ0) is 18.4. The molecule has 0 spiro atoms. The third-order valence-corrected chi connectivity index (χ3v) is 5.22. The van der Waals surface area contributed by atoms with Gasteiger partial charge < -0.3 is 10.3 Å². The Morgan fingerprint density at radius 1 is 0.815 bits per heavy atom. The maximum absolute atomic E-state index is 11.6. The van der Waals surface area contributed by atoms with Gasteiger partial charge in [0.25, 0.3) is 0 Å². The summed E-state index contributed by atoms with van der Waals surface area (Å²) in [6.45, 7) is 0. The number of aromatic amines is 1. The number of hydrogen-bond acceptors (Lipinski definition) is 5. The van der Waals surface area contributed by atoms with Crippen molar-refractivity contribution < 1.29 is 8.42 Å². The summed E-state index contributed by atoms with van der Waals surface area (Å²) in [5.74, 6) is 0. The predicted molar refractivity (Wildman–Crippen MR) is 107 cm³/mol. The summed E-state index contributed by atoms with van der Waals surface area (Å²) in [6.07, 6.45) is 16.8. The van der Waals surface area contributed by atoms with Gasteiger partial charge in [-0.25, -0.2) is 9.98 Å². The van der Waals surface area contributed by atoms with Gasteiger partial charge in [0.2, 0.25) is 10.3 Å². The van der Waals surface area contributed by atoms with Crippen LogP contribution in [0.5, 0.6) is 0 Å². The van der Waals surface area contributed by atoms with Crippen LogP contribution in [0.4, 0.5) is 0 Å². The van der Waals surface area contributed by atoms with Crippen LogP contribution in [0.15, 0.2) is 81.7 Å². The van der Waals surface area contributed by atoms with Gasteiger partial charge >= 0.3 is 0 Å². The number of allylic oxidation sites excluding steroid dienone is 5. The molecular weight excluding hydrogens is 360 g/mol. The molecule has 0 amide bonds. The van der Waals surface area contributed by atoms with Gasteiger partial charge in [-0.15, -0.1) is 0 Å². The molecule has 6 nitrogen and oxygen atoms in total. The van der Waals surface area contributed by atoms with Crippen molar-refractivity contribution in [3.05, 3.63) is 82.5 Å². The third-order valence-electron chi connectivity index (χ3n) is 4.46. The van der Waals surface area contributed by atoms with Crippen molar-refractivity contribution >= 4 is 38.7 Å². The van der Waals surface area contributed by atoms with E-state index in [1.54, 1.807) is 6.08 Å². The summed E-state index contributed by atoms with van der Waals surface area (Å²) in [5, 5.41) is 5.10. The molecule has 1 aromatic heterocycles. The lowest BCUT2D eigenvalue weighted by Gasteiger charge is -2.07. The van der Waals surface area contributed by atoms with E-state index < -0.39 is 16.3 Å². The third kappa shape index (κ3) is 3.09. The summed E-state index contributed by atoms with van der Waals surface area (Å²) in [5.41, 5.74) is 3.81. The predicted octanol–water partition coefficient (Wildman–Crippen LogP) is 0.286. The first kappa shape index (κ1) is 15.8. The van der Waals surface area contributed by atoms with Crippen molar-refractivity contribution in [1.82, 2.24) is 10.3 Å². The number of H-pyrrole nitrogens is 1. The Hall–Kier alpha value is -3.45. The number of rotatable bonds is 0. The van der Waals surface area contributed by atoms with Crippen molar-refractivity contribution in [2.75, 3.05) is 0 Å². The minimum atomic E-state index is -2.32. The molecule has 5 rings (SSSR count). The molecule has 27 heavy (non-hydrogen) atoms. The zero-order valence-electron chi connectivity index (χ0n) is 14.0. The van der Waals surface area contributed by atoms with Gasteiger partial charge in [-0.05, 0) is 66.8 Å². The molecule has 4 aliphatic heterocycles. The lowest BCUT2D eigenvalue weighted by atomic mass is 10.2. The lowest BCUT2D eigenvalue weighted by Crippen LogP contribution is -2.27. The Bertz CT molecular complexity index is 1330. The fourth-order valence-corrected chi connectivity index (χ4v) is 3.82. The molecule has 132 valence electrons. The highest BCUT2D eigenvalue weighted by atomic mass is 32.2. The largest absolute Gasteiger partial charge is 0.374 e. The first-order valence-corrected chi connectivity index (χ1v) is 9.50. The summed E-state index contributed by atoms with van der Waals surface area (Å²) >= 11 is 0. The van der Waals surface area contributed by atoms with Crippen LogP contribution in [0.1, 0.15) is 0 Å². The number of aliphatic imine (C=N–C) groups is 2. The topological polar surface area (TPSA) is 86.7 Å². The molecular formula is C20H14N4O2S. The van der Waals surface area contributed by atoms with Crippen LogP contribution in [0.2, 0.25) is 0 Å². The van der Waals surface area contributed by atoms with Gasteiger partial charge in [0, 0.05) is 16.4 Å². The zero-order valence-corrected chi connectivity index (χ0v) is 14.9. The average Bonchev–Trinajstić information content (AvgIpc) is 3.38. The van der Waals surface area contributed by atoms with Gasteiger partial charge in [0.15, 0.2) is 0 Å². The molecule has 0 radical (unpaired) electrons. The van der Waals surface area contributed by atoms with Gasteiger partial charge in [0.05, 0.1) is 28.9 Å². The summed E-state index contributed by atoms with van der Waals surface area (Å²) < 4.78 is 23.3. The van der Waals surface area contributed by atoms with Crippen LogP contribution in [-0.4, -0.2) is 35.7 Å². The van der Waals surface area contributed by atoms with Crippen molar-refractivity contribution in [1.29, 1.82) is 0 Å². The second kappa shape index (κ2) is 6.07. The van der Waals surface area contributed by atoms with Crippen LogP contribution in [0.3, 0.4) is 0 Å². The normalized spacial score (nSPS) is 22.1. The molecule has 0 fully saturated rings. The molecule has 4 aliphatic rings. The monoisotopic (exact) mass is 374 g/mol. The maximum Gasteiger partial charge on any atom is 0.219 e. The second-order valence-electron chi connectivity index (χ2n) is 6.42. The molecule has 5 heterocycles. The van der Waals surface area contributed by atoms with E-state index in [1.807, 2.05) is 60.7 Å². The van der Waals surface area contributed by atoms with Crippen LogP contribution in [0, 0.1) is 0 Å². The Morgan fingerprint density at radius 3 is 2.19 bits per heavy atom. The summed E-state index contributed by atoms with van der Waals surface area (Å²) in [4.78, 5) is 12.7.